The van der Waals surface area contributed by atoms with Gasteiger partial charge in [-0.05, 0) is 59.3 Å². The van der Waals surface area contributed by atoms with Crippen molar-refractivity contribution in [2.45, 2.75) is 0 Å². The van der Waals surface area contributed by atoms with Crippen molar-refractivity contribution < 1.29 is 24.2 Å². The summed E-state index contributed by atoms with van der Waals surface area (Å²) in [6.45, 7) is -0.479. The first kappa shape index (κ1) is 20.0. The topological polar surface area (TPSA) is 84.9 Å². The van der Waals surface area contributed by atoms with E-state index in [1.54, 1.807) is 24.3 Å². The largest absolute Gasteiger partial charge is 0.507 e. The molecule has 0 aliphatic heterocycles. The van der Waals surface area contributed by atoms with E-state index in [1.165, 1.54) is 12.1 Å². The van der Waals surface area contributed by atoms with Crippen molar-refractivity contribution in [1.82, 2.24) is 0 Å². The fourth-order valence-corrected chi connectivity index (χ4v) is 3.03. The number of anilines is 1. The molecule has 4 aromatic carbocycles. The zero-order valence-corrected chi connectivity index (χ0v) is 16.4. The molecule has 0 bridgehead atoms. The fourth-order valence-electron chi connectivity index (χ4n) is 3.03. The van der Waals surface area contributed by atoms with Crippen LogP contribution in [0, 0.1) is 0 Å². The molecule has 0 aromatic heterocycles. The minimum Gasteiger partial charge on any atom is -0.507 e. The molecule has 31 heavy (non-hydrogen) atoms. The van der Waals surface area contributed by atoms with Gasteiger partial charge in [0.25, 0.3) is 5.91 Å². The van der Waals surface area contributed by atoms with Gasteiger partial charge in [0.1, 0.15) is 22.8 Å². The minimum atomic E-state index is -0.773. The van der Waals surface area contributed by atoms with Crippen LogP contribution in [0.15, 0.2) is 91.0 Å². The number of para-hydroxylation sites is 1. The van der Waals surface area contributed by atoms with Crippen LogP contribution in [0.3, 0.4) is 0 Å². The summed E-state index contributed by atoms with van der Waals surface area (Å²) in [6, 6.07) is 26.5. The minimum absolute atomic E-state index is 0.00825. The first-order chi connectivity index (χ1) is 15.1. The Labute approximate surface area is 178 Å². The van der Waals surface area contributed by atoms with E-state index in [2.05, 4.69) is 5.32 Å². The van der Waals surface area contributed by atoms with E-state index in [-0.39, 0.29) is 11.3 Å². The number of carbonyl (C=O) groups excluding carboxylic acids is 2. The molecule has 154 valence electrons. The van der Waals surface area contributed by atoms with Crippen molar-refractivity contribution in [3.63, 3.8) is 0 Å². The zero-order chi connectivity index (χ0) is 21.6. The number of hydrogen-bond acceptors (Lipinski definition) is 5. The van der Waals surface area contributed by atoms with Crippen LogP contribution in [0.4, 0.5) is 5.69 Å². The molecule has 0 heterocycles. The van der Waals surface area contributed by atoms with Gasteiger partial charge in [-0.1, -0.05) is 42.5 Å². The third-order valence-electron chi connectivity index (χ3n) is 4.54. The van der Waals surface area contributed by atoms with Crippen molar-refractivity contribution in [2.24, 2.45) is 0 Å². The lowest BCUT2D eigenvalue weighted by Gasteiger charge is -2.09. The van der Waals surface area contributed by atoms with Gasteiger partial charge in [0.15, 0.2) is 6.61 Å². The Bertz CT molecular complexity index is 1220. The van der Waals surface area contributed by atoms with Crippen LogP contribution < -0.4 is 10.1 Å². The number of nitrogens with one attached hydrogen (secondary N) is 1. The molecular weight excluding hydrogens is 394 g/mol. The standard InChI is InChI=1S/C25H19NO5/c27-23-15-18-7-5-4-6-17(18)14-22(23)25(29)30-16-24(28)26-19-10-12-21(13-11-19)31-20-8-2-1-3-9-20/h1-15,27H,16H2,(H,26,28). The van der Waals surface area contributed by atoms with E-state index in [0.717, 1.165) is 10.8 Å². The lowest BCUT2D eigenvalue weighted by atomic mass is 10.1. The molecule has 0 unspecified atom stereocenters. The first-order valence-electron chi connectivity index (χ1n) is 9.60. The SMILES string of the molecule is O=C(COC(=O)c1cc2ccccc2cc1O)Nc1ccc(Oc2ccccc2)cc1. The number of esters is 1. The van der Waals surface area contributed by atoms with Gasteiger partial charge >= 0.3 is 5.97 Å². The monoisotopic (exact) mass is 413 g/mol. The van der Waals surface area contributed by atoms with E-state index in [9.17, 15) is 14.7 Å². The first-order valence-corrected chi connectivity index (χ1v) is 9.60. The van der Waals surface area contributed by atoms with Crippen molar-refractivity contribution >= 4 is 28.3 Å². The van der Waals surface area contributed by atoms with E-state index in [4.69, 9.17) is 9.47 Å². The Kier molecular flexibility index (Phi) is 5.80. The summed E-state index contributed by atoms with van der Waals surface area (Å²) in [5, 5.41) is 14.3. The molecule has 0 fully saturated rings. The normalized spacial score (nSPS) is 10.5. The molecule has 4 rings (SSSR count). The van der Waals surface area contributed by atoms with E-state index >= 15 is 0 Å². The molecule has 0 radical (unpaired) electrons. The number of amides is 1. The van der Waals surface area contributed by atoms with E-state index in [0.29, 0.717) is 17.2 Å². The van der Waals surface area contributed by atoms with Crippen molar-refractivity contribution in [3.8, 4) is 17.2 Å². The molecule has 0 spiro atoms. The number of benzene rings is 4. The maximum Gasteiger partial charge on any atom is 0.342 e. The predicted molar refractivity (Wildman–Crippen MR) is 117 cm³/mol. The molecule has 0 saturated carbocycles. The second-order valence-electron chi connectivity index (χ2n) is 6.78. The van der Waals surface area contributed by atoms with Gasteiger partial charge < -0.3 is 19.9 Å². The highest BCUT2D eigenvalue weighted by Gasteiger charge is 2.15. The summed E-state index contributed by atoms with van der Waals surface area (Å²) >= 11 is 0. The molecule has 4 aromatic rings. The highest BCUT2D eigenvalue weighted by atomic mass is 16.5. The highest BCUT2D eigenvalue weighted by Crippen LogP contribution is 2.26. The van der Waals surface area contributed by atoms with Crippen LogP contribution >= 0.6 is 0 Å². The van der Waals surface area contributed by atoms with Gasteiger partial charge in [-0.3, -0.25) is 4.79 Å². The number of carbonyl (C=O) groups is 2. The Morgan fingerprint density at radius 3 is 2.10 bits per heavy atom. The van der Waals surface area contributed by atoms with E-state index < -0.39 is 18.5 Å². The Hall–Kier alpha value is -4.32. The molecule has 6 heteroatoms. The summed E-state index contributed by atoms with van der Waals surface area (Å²) in [5.74, 6) is -0.126. The van der Waals surface area contributed by atoms with Gasteiger partial charge in [-0.15, -0.1) is 0 Å². The smallest absolute Gasteiger partial charge is 0.342 e. The lowest BCUT2D eigenvalue weighted by Crippen LogP contribution is -2.21. The maximum absolute atomic E-state index is 12.3. The number of ether oxygens (including phenoxy) is 2. The summed E-state index contributed by atoms with van der Waals surface area (Å²) < 4.78 is 10.8. The van der Waals surface area contributed by atoms with Crippen LogP contribution in [0.2, 0.25) is 0 Å². The zero-order valence-electron chi connectivity index (χ0n) is 16.4. The van der Waals surface area contributed by atoms with Crippen molar-refractivity contribution in [1.29, 1.82) is 0 Å². The highest BCUT2D eigenvalue weighted by molar-refractivity contribution is 6.00. The molecule has 0 aliphatic rings. The number of aromatic hydroxyl groups is 1. The van der Waals surface area contributed by atoms with E-state index in [1.807, 2.05) is 54.6 Å². The average Bonchev–Trinajstić information content (AvgIpc) is 2.79. The third-order valence-corrected chi connectivity index (χ3v) is 4.54. The molecule has 0 atom stereocenters. The Balaban J connectivity index is 1.33. The predicted octanol–water partition coefficient (Wildman–Crippen LogP) is 5.13. The van der Waals surface area contributed by atoms with Crippen LogP contribution in [0.25, 0.3) is 10.8 Å². The molecular formula is C25H19NO5. The summed E-state index contributed by atoms with van der Waals surface area (Å²) in [7, 11) is 0. The molecule has 0 saturated heterocycles. The van der Waals surface area contributed by atoms with Crippen LogP contribution in [0.1, 0.15) is 10.4 Å². The summed E-state index contributed by atoms with van der Waals surface area (Å²) in [4.78, 5) is 24.4. The fraction of sp³-hybridized carbons (Fsp3) is 0.0400. The summed E-state index contributed by atoms with van der Waals surface area (Å²) in [5.41, 5.74) is 0.545. The second-order valence-corrected chi connectivity index (χ2v) is 6.78. The third kappa shape index (κ3) is 5.00. The molecule has 0 aliphatic carbocycles. The number of phenols is 1. The molecule has 6 nitrogen and oxygen atoms in total. The second kappa shape index (κ2) is 9.00. The number of hydrogen-bond donors (Lipinski definition) is 2. The number of fused-ring (bicyclic) bond motifs is 1. The van der Waals surface area contributed by atoms with Crippen LogP contribution in [-0.2, 0) is 9.53 Å². The van der Waals surface area contributed by atoms with Crippen LogP contribution in [-0.4, -0.2) is 23.6 Å². The number of rotatable bonds is 6. The van der Waals surface area contributed by atoms with Gasteiger partial charge in [-0.2, -0.15) is 0 Å². The maximum atomic E-state index is 12.3. The average molecular weight is 413 g/mol. The molecule has 1 amide bonds. The quantitative estimate of drug-likeness (QED) is 0.428. The van der Waals surface area contributed by atoms with Crippen molar-refractivity contribution in [3.05, 3.63) is 96.6 Å². The van der Waals surface area contributed by atoms with Crippen LogP contribution in [0.5, 0.6) is 17.2 Å². The van der Waals surface area contributed by atoms with Gasteiger partial charge in [0.05, 0.1) is 0 Å². The van der Waals surface area contributed by atoms with Gasteiger partial charge in [-0.25, -0.2) is 4.79 Å². The van der Waals surface area contributed by atoms with Gasteiger partial charge in [0.2, 0.25) is 0 Å². The Morgan fingerprint density at radius 1 is 0.774 bits per heavy atom. The lowest BCUT2D eigenvalue weighted by molar-refractivity contribution is -0.119. The number of phenolic OH excluding ortho intramolecular Hbond substituents is 1. The molecule has 2 N–H and O–H groups in total. The van der Waals surface area contributed by atoms with Gasteiger partial charge in [0, 0.05) is 5.69 Å². The Morgan fingerprint density at radius 2 is 1.39 bits per heavy atom. The summed E-state index contributed by atoms with van der Waals surface area (Å²) in [6.07, 6.45) is 0. The van der Waals surface area contributed by atoms with Crippen molar-refractivity contribution in [2.75, 3.05) is 11.9 Å².